The maximum Gasteiger partial charge on any atom is 0.419 e. The Bertz CT molecular complexity index is 1130. The number of methoxy groups -OCH3 is 2. The number of hydrogen-bond acceptors (Lipinski definition) is 4. The molecule has 202 valence electrons. The van der Waals surface area contributed by atoms with Crippen molar-refractivity contribution in [3.63, 3.8) is 0 Å². The molecule has 1 saturated carbocycles. The summed E-state index contributed by atoms with van der Waals surface area (Å²) in [5, 5.41) is 5.13. The van der Waals surface area contributed by atoms with Gasteiger partial charge >= 0.3 is 12.2 Å². The summed E-state index contributed by atoms with van der Waals surface area (Å²) in [6, 6.07) is 8.12. The highest BCUT2D eigenvalue weighted by molar-refractivity contribution is 5.89. The molecule has 2 aromatic carbocycles. The van der Waals surface area contributed by atoms with E-state index >= 15 is 0 Å². The lowest BCUT2D eigenvalue weighted by Crippen LogP contribution is -2.53. The standard InChI is InChI=1S/C27H33F4N3O3/c1-4-13-34-14-12-26(17-8-9-21(36-2)22(15-17)37-3)11-10-18(16-23(26)34)32-25(35)33-20-7-5-6-19(24(20)28)27(29,30)31/h5-9,15,18,23H,4,10-14,16H2,1-3H3,(H2,32,33,35)/t18-,23+,26+/m1/s1. The van der Waals surface area contributed by atoms with E-state index in [-0.39, 0.29) is 17.5 Å². The Labute approximate surface area is 214 Å². The first-order chi connectivity index (χ1) is 17.6. The van der Waals surface area contributed by atoms with Crippen LogP contribution in [0.25, 0.3) is 0 Å². The molecule has 2 amide bonds. The molecule has 1 aliphatic heterocycles. The third-order valence-corrected chi connectivity index (χ3v) is 7.73. The number of halogens is 4. The van der Waals surface area contributed by atoms with Gasteiger partial charge in [-0.2, -0.15) is 13.2 Å². The Morgan fingerprint density at radius 2 is 1.89 bits per heavy atom. The van der Waals surface area contributed by atoms with Crippen LogP contribution >= 0.6 is 0 Å². The van der Waals surface area contributed by atoms with Crippen molar-refractivity contribution < 1.29 is 31.8 Å². The first-order valence-electron chi connectivity index (χ1n) is 12.5. The van der Waals surface area contributed by atoms with E-state index in [1.54, 1.807) is 14.2 Å². The van der Waals surface area contributed by atoms with Gasteiger partial charge in [0.25, 0.3) is 0 Å². The van der Waals surface area contributed by atoms with Crippen LogP contribution in [0.1, 0.15) is 50.2 Å². The fraction of sp³-hybridized carbons (Fsp3) is 0.519. The molecule has 1 heterocycles. The third-order valence-electron chi connectivity index (χ3n) is 7.73. The molecule has 2 N–H and O–H groups in total. The number of carbonyl (C=O) groups is 1. The van der Waals surface area contributed by atoms with E-state index in [1.165, 1.54) is 5.56 Å². The minimum atomic E-state index is -4.85. The van der Waals surface area contributed by atoms with Crippen molar-refractivity contribution in [3.05, 3.63) is 53.3 Å². The fourth-order valence-corrected chi connectivity index (χ4v) is 6.00. The van der Waals surface area contributed by atoms with E-state index in [1.807, 2.05) is 12.1 Å². The Hall–Kier alpha value is -3.01. The molecular weight excluding hydrogens is 490 g/mol. The summed E-state index contributed by atoms with van der Waals surface area (Å²) in [5.41, 5.74) is -0.862. The molecule has 10 heteroatoms. The van der Waals surface area contributed by atoms with Crippen molar-refractivity contribution in [2.45, 2.75) is 62.7 Å². The van der Waals surface area contributed by atoms with Crippen LogP contribution in [0.15, 0.2) is 36.4 Å². The van der Waals surface area contributed by atoms with E-state index in [0.717, 1.165) is 44.5 Å². The number of rotatable bonds is 7. The van der Waals surface area contributed by atoms with Crippen molar-refractivity contribution in [1.29, 1.82) is 0 Å². The Morgan fingerprint density at radius 3 is 2.57 bits per heavy atom. The highest BCUT2D eigenvalue weighted by atomic mass is 19.4. The number of nitrogens with zero attached hydrogens (tertiary/aromatic N) is 1. The van der Waals surface area contributed by atoms with Crippen molar-refractivity contribution in [3.8, 4) is 11.5 Å². The SMILES string of the molecule is CCCN1CC[C@]2(c3ccc(OC)c(OC)c3)CC[C@@H](NC(=O)Nc3cccc(C(F)(F)F)c3F)C[C@H]12. The van der Waals surface area contributed by atoms with Crippen LogP contribution in [0, 0.1) is 5.82 Å². The third kappa shape index (κ3) is 5.35. The molecule has 3 atom stereocenters. The van der Waals surface area contributed by atoms with E-state index in [4.69, 9.17) is 9.47 Å². The Kier molecular flexibility index (Phi) is 7.87. The molecule has 0 bridgehead atoms. The van der Waals surface area contributed by atoms with Gasteiger partial charge in [0.2, 0.25) is 0 Å². The molecular formula is C27H33F4N3O3. The largest absolute Gasteiger partial charge is 0.493 e. The molecule has 0 unspecified atom stereocenters. The van der Waals surface area contributed by atoms with Gasteiger partial charge in [-0.15, -0.1) is 0 Å². The van der Waals surface area contributed by atoms with Crippen LogP contribution in [0.2, 0.25) is 0 Å². The monoisotopic (exact) mass is 523 g/mol. The highest BCUT2D eigenvalue weighted by Crippen LogP contribution is 2.50. The van der Waals surface area contributed by atoms with Gasteiger partial charge in [0, 0.05) is 17.5 Å². The van der Waals surface area contributed by atoms with Crippen LogP contribution in [0.3, 0.4) is 0 Å². The second-order valence-corrected chi connectivity index (χ2v) is 9.76. The van der Waals surface area contributed by atoms with Crippen molar-refractivity contribution >= 4 is 11.7 Å². The summed E-state index contributed by atoms with van der Waals surface area (Å²) < 4.78 is 64.5. The lowest BCUT2D eigenvalue weighted by Gasteiger charge is -2.45. The van der Waals surface area contributed by atoms with Gasteiger partial charge in [0.1, 0.15) is 0 Å². The summed E-state index contributed by atoms with van der Waals surface area (Å²) in [4.78, 5) is 15.1. The van der Waals surface area contributed by atoms with E-state index in [9.17, 15) is 22.4 Å². The van der Waals surface area contributed by atoms with E-state index < -0.39 is 29.3 Å². The van der Waals surface area contributed by atoms with Gasteiger partial charge in [0.05, 0.1) is 25.5 Å². The molecule has 0 radical (unpaired) electrons. The van der Waals surface area contributed by atoms with Crippen LogP contribution in [-0.4, -0.2) is 50.3 Å². The smallest absolute Gasteiger partial charge is 0.419 e. The quantitative estimate of drug-likeness (QED) is 0.440. The predicted molar refractivity (Wildman–Crippen MR) is 133 cm³/mol. The molecule has 0 aromatic heterocycles. The average molecular weight is 524 g/mol. The number of alkyl halides is 3. The number of fused-ring (bicyclic) bond motifs is 1. The molecule has 6 nitrogen and oxygen atoms in total. The highest BCUT2D eigenvalue weighted by Gasteiger charge is 2.51. The number of urea groups is 1. The van der Waals surface area contributed by atoms with Crippen molar-refractivity contribution in [2.24, 2.45) is 0 Å². The van der Waals surface area contributed by atoms with Crippen LogP contribution in [0.4, 0.5) is 28.0 Å². The predicted octanol–water partition coefficient (Wildman–Crippen LogP) is 5.96. The lowest BCUT2D eigenvalue weighted by molar-refractivity contribution is -0.139. The number of ether oxygens (including phenoxy) is 2. The van der Waals surface area contributed by atoms with E-state index in [2.05, 4.69) is 28.5 Å². The molecule has 1 aliphatic carbocycles. The molecule has 0 spiro atoms. The molecule has 1 saturated heterocycles. The summed E-state index contributed by atoms with van der Waals surface area (Å²) >= 11 is 0. The minimum absolute atomic E-state index is 0.115. The van der Waals surface area contributed by atoms with Crippen LogP contribution in [0.5, 0.6) is 11.5 Å². The Morgan fingerprint density at radius 1 is 1.14 bits per heavy atom. The molecule has 2 aliphatic rings. The van der Waals surface area contributed by atoms with Crippen molar-refractivity contribution in [2.75, 3.05) is 32.6 Å². The number of carbonyl (C=O) groups excluding carboxylic acids is 1. The molecule has 2 aromatic rings. The zero-order chi connectivity index (χ0) is 26.8. The van der Waals surface area contributed by atoms with Gasteiger partial charge < -0.3 is 20.1 Å². The van der Waals surface area contributed by atoms with Crippen molar-refractivity contribution in [1.82, 2.24) is 10.2 Å². The average Bonchev–Trinajstić information content (AvgIpc) is 3.23. The number of nitrogens with one attached hydrogen (secondary N) is 2. The van der Waals surface area contributed by atoms with Gasteiger partial charge in [0.15, 0.2) is 17.3 Å². The summed E-state index contributed by atoms with van der Waals surface area (Å²) in [5.74, 6) is -0.160. The normalized spacial score (nSPS) is 23.9. The zero-order valence-corrected chi connectivity index (χ0v) is 21.3. The maximum atomic E-state index is 14.4. The van der Waals surface area contributed by atoms with E-state index in [0.29, 0.717) is 30.4 Å². The minimum Gasteiger partial charge on any atom is -0.493 e. The number of hydrogen-bond donors (Lipinski definition) is 2. The van der Waals surface area contributed by atoms with Gasteiger partial charge in [-0.25, -0.2) is 9.18 Å². The number of benzene rings is 2. The summed E-state index contributed by atoms with van der Waals surface area (Å²) in [6.07, 6.45) is -0.708. The number of likely N-dealkylation sites (tertiary alicyclic amines) is 1. The topological polar surface area (TPSA) is 62.8 Å². The summed E-state index contributed by atoms with van der Waals surface area (Å²) in [6.45, 7) is 3.99. The van der Waals surface area contributed by atoms with Gasteiger partial charge in [-0.3, -0.25) is 4.90 Å². The maximum absolute atomic E-state index is 14.4. The molecule has 2 fully saturated rings. The second-order valence-electron chi connectivity index (χ2n) is 9.76. The first-order valence-corrected chi connectivity index (χ1v) is 12.5. The van der Waals surface area contributed by atoms with Gasteiger partial charge in [-0.05, 0) is 75.0 Å². The number of anilines is 1. The van der Waals surface area contributed by atoms with Crippen LogP contribution < -0.4 is 20.1 Å². The first kappa shape index (κ1) is 27.0. The summed E-state index contributed by atoms with van der Waals surface area (Å²) in [7, 11) is 3.21. The Balaban J connectivity index is 1.52. The number of amides is 2. The zero-order valence-electron chi connectivity index (χ0n) is 21.3. The fourth-order valence-electron chi connectivity index (χ4n) is 6.00. The van der Waals surface area contributed by atoms with Gasteiger partial charge in [-0.1, -0.05) is 19.1 Å². The second kappa shape index (κ2) is 10.8. The lowest BCUT2D eigenvalue weighted by atomic mass is 9.65. The molecule has 37 heavy (non-hydrogen) atoms. The molecule has 4 rings (SSSR count). The van der Waals surface area contributed by atoms with Crippen LogP contribution in [-0.2, 0) is 11.6 Å².